The molecular formula is C17H11N7O. The van der Waals surface area contributed by atoms with Crippen molar-refractivity contribution in [2.45, 2.75) is 0 Å². The minimum Gasteiger partial charge on any atom is -0.361 e. The van der Waals surface area contributed by atoms with Crippen LogP contribution in [0.4, 0.5) is 0 Å². The first-order valence-corrected chi connectivity index (χ1v) is 7.61. The van der Waals surface area contributed by atoms with Crippen LogP contribution in [-0.2, 0) is 0 Å². The summed E-state index contributed by atoms with van der Waals surface area (Å²) in [6.07, 6.45) is 5.05. The second kappa shape index (κ2) is 5.38. The number of benzene rings is 1. The number of aromatic nitrogens is 7. The Morgan fingerprint density at radius 3 is 2.64 bits per heavy atom. The molecular weight excluding hydrogens is 318 g/mol. The fourth-order valence-corrected chi connectivity index (χ4v) is 2.71. The van der Waals surface area contributed by atoms with Gasteiger partial charge in [-0.1, -0.05) is 17.3 Å². The second-order valence-corrected chi connectivity index (χ2v) is 5.43. The van der Waals surface area contributed by atoms with Crippen molar-refractivity contribution >= 4 is 10.9 Å². The van der Waals surface area contributed by atoms with Crippen LogP contribution in [0.25, 0.3) is 45.3 Å². The summed E-state index contributed by atoms with van der Waals surface area (Å²) in [6, 6.07) is 11.5. The Kier molecular flexibility index (Phi) is 2.93. The molecule has 0 atom stereocenters. The van der Waals surface area contributed by atoms with Gasteiger partial charge in [-0.25, -0.2) is 4.98 Å². The molecule has 0 amide bonds. The predicted molar refractivity (Wildman–Crippen MR) is 90.2 cm³/mol. The average molecular weight is 329 g/mol. The number of hydrogen-bond acceptors (Lipinski definition) is 6. The Labute approximate surface area is 141 Å². The van der Waals surface area contributed by atoms with Crippen LogP contribution in [0.15, 0.2) is 59.6 Å². The van der Waals surface area contributed by atoms with Gasteiger partial charge in [-0.15, -0.1) is 0 Å². The Bertz CT molecular complexity index is 1140. The molecule has 0 radical (unpaired) electrons. The molecule has 5 rings (SSSR count). The molecule has 25 heavy (non-hydrogen) atoms. The van der Waals surface area contributed by atoms with Gasteiger partial charge in [0.2, 0.25) is 5.82 Å². The average Bonchev–Trinajstić information content (AvgIpc) is 3.42. The van der Waals surface area contributed by atoms with E-state index in [1.807, 2.05) is 42.6 Å². The molecule has 5 aromatic rings. The molecule has 0 aliphatic rings. The number of nitrogens with zero attached hydrogens (tertiary/aromatic N) is 5. The van der Waals surface area contributed by atoms with Gasteiger partial charge in [0.05, 0.1) is 0 Å². The third kappa shape index (κ3) is 2.27. The molecule has 1 aromatic carbocycles. The molecule has 0 bridgehead atoms. The summed E-state index contributed by atoms with van der Waals surface area (Å²) in [7, 11) is 0. The lowest BCUT2D eigenvalue weighted by molar-refractivity contribution is 0.432. The van der Waals surface area contributed by atoms with Crippen molar-refractivity contribution in [2.24, 2.45) is 0 Å². The summed E-state index contributed by atoms with van der Waals surface area (Å²) in [5.41, 5.74) is 3.42. The van der Waals surface area contributed by atoms with Gasteiger partial charge in [0.1, 0.15) is 12.0 Å². The zero-order chi connectivity index (χ0) is 16.6. The zero-order valence-corrected chi connectivity index (χ0v) is 12.8. The monoisotopic (exact) mass is 329 g/mol. The van der Waals surface area contributed by atoms with Crippen LogP contribution in [0, 0.1) is 0 Å². The summed E-state index contributed by atoms with van der Waals surface area (Å²) in [6.45, 7) is 0. The van der Waals surface area contributed by atoms with E-state index in [4.69, 9.17) is 4.52 Å². The number of hydrogen-bond donors (Lipinski definition) is 2. The maximum atomic E-state index is 5.41. The van der Waals surface area contributed by atoms with E-state index in [9.17, 15) is 0 Å². The number of nitrogens with one attached hydrogen (secondary N) is 2. The Hall–Kier alpha value is -3.81. The number of H-pyrrole nitrogens is 2. The van der Waals surface area contributed by atoms with Crippen LogP contribution in [0.5, 0.6) is 0 Å². The lowest BCUT2D eigenvalue weighted by Gasteiger charge is -1.98. The fourth-order valence-electron chi connectivity index (χ4n) is 2.71. The lowest BCUT2D eigenvalue weighted by atomic mass is 10.1. The van der Waals surface area contributed by atoms with Crippen LogP contribution >= 0.6 is 0 Å². The van der Waals surface area contributed by atoms with Crippen molar-refractivity contribution in [3.63, 3.8) is 0 Å². The van der Waals surface area contributed by atoms with Gasteiger partial charge in [-0.2, -0.15) is 10.1 Å². The van der Waals surface area contributed by atoms with Crippen LogP contribution in [0.2, 0.25) is 0 Å². The van der Waals surface area contributed by atoms with Crippen molar-refractivity contribution in [1.82, 2.24) is 35.3 Å². The molecule has 0 aliphatic heterocycles. The standard InChI is InChI=1S/C17H11N7O/c1-3-11(4-2-10(1)15-20-9-21-23-15)17-22-16(24-25-17)14-12-5-7-18-13(12)6-8-19-14/h1-9,18H,(H,20,21,23). The summed E-state index contributed by atoms with van der Waals surface area (Å²) < 4.78 is 5.41. The second-order valence-electron chi connectivity index (χ2n) is 5.43. The normalized spacial score (nSPS) is 11.2. The molecule has 4 aromatic heterocycles. The van der Waals surface area contributed by atoms with Crippen LogP contribution in [-0.4, -0.2) is 35.3 Å². The molecule has 8 heteroatoms. The Morgan fingerprint density at radius 2 is 1.80 bits per heavy atom. The van der Waals surface area contributed by atoms with E-state index in [0.29, 0.717) is 23.2 Å². The predicted octanol–water partition coefficient (Wildman–Crippen LogP) is 3.07. The number of rotatable bonds is 3. The minimum atomic E-state index is 0.438. The van der Waals surface area contributed by atoms with E-state index >= 15 is 0 Å². The van der Waals surface area contributed by atoms with E-state index in [1.54, 1.807) is 6.20 Å². The van der Waals surface area contributed by atoms with E-state index in [-0.39, 0.29) is 0 Å². The highest BCUT2D eigenvalue weighted by Crippen LogP contribution is 2.27. The summed E-state index contributed by atoms with van der Waals surface area (Å²) in [5.74, 6) is 1.61. The molecule has 4 heterocycles. The first-order valence-electron chi connectivity index (χ1n) is 7.61. The number of fused-ring (bicyclic) bond motifs is 1. The largest absolute Gasteiger partial charge is 0.361 e. The highest BCUT2D eigenvalue weighted by molar-refractivity contribution is 5.90. The van der Waals surface area contributed by atoms with E-state index in [0.717, 1.165) is 22.0 Å². The summed E-state index contributed by atoms with van der Waals surface area (Å²) in [5, 5.41) is 11.7. The first-order chi connectivity index (χ1) is 12.4. The first kappa shape index (κ1) is 13.6. The SMILES string of the molecule is c1n[nH]c(-c2ccc(-c3nc(-c4nccc5[nH]ccc45)no3)cc2)n1. The van der Waals surface area contributed by atoms with E-state index in [1.165, 1.54) is 6.33 Å². The van der Waals surface area contributed by atoms with Crippen LogP contribution in [0.3, 0.4) is 0 Å². The smallest absolute Gasteiger partial charge is 0.258 e. The van der Waals surface area contributed by atoms with Gasteiger partial charge in [0.15, 0.2) is 5.82 Å². The number of pyridine rings is 1. The van der Waals surface area contributed by atoms with Gasteiger partial charge in [-0.05, 0) is 24.3 Å². The van der Waals surface area contributed by atoms with Crippen molar-refractivity contribution in [1.29, 1.82) is 0 Å². The summed E-state index contributed by atoms with van der Waals surface area (Å²) in [4.78, 5) is 16.1. The van der Waals surface area contributed by atoms with Crippen molar-refractivity contribution < 1.29 is 4.52 Å². The molecule has 0 saturated heterocycles. The van der Waals surface area contributed by atoms with Crippen LogP contribution < -0.4 is 0 Å². The molecule has 0 fully saturated rings. The molecule has 0 aliphatic carbocycles. The zero-order valence-electron chi connectivity index (χ0n) is 12.8. The van der Waals surface area contributed by atoms with Gasteiger partial charge in [-0.3, -0.25) is 10.1 Å². The maximum Gasteiger partial charge on any atom is 0.258 e. The highest BCUT2D eigenvalue weighted by Gasteiger charge is 2.15. The van der Waals surface area contributed by atoms with Crippen LogP contribution in [0.1, 0.15) is 0 Å². The molecule has 8 nitrogen and oxygen atoms in total. The Morgan fingerprint density at radius 1 is 0.920 bits per heavy atom. The third-order valence-electron chi connectivity index (χ3n) is 3.94. The van der Waals surface area contributed by atoms with Gasteiger partial charge in [0, 0.05) is 34.4 Å². The lowest BCUT2D eigenvalue weighted by Crippen LogP contribution is -1.87. The highest BCUT2D eigenvalue weighted by atomic mass is 16.5. The molecule has 120 valence electrons. The van der Waals surface area contributed by atoms with E-state index in [2.05, 4.69) is 35.3 Å². The molecule has 0 saturated carbocycles. The van der Waals surface area contributed by atoms with Crippen molar-refractivity contribution in [2.75, 3.05) is 0 Å². The molecule has 0 spiro atoms. The quantitative estimate of drug-likeness (QED) is 0.526. The number of aromatic amines is 2. The molecule has 0 unspecified atom stereocenters. The third-order valence-corrected chi connectivity index (χ3v) is 3.94. The topological polar surface area (TPSA) is 109 Å². The molecule has 2 N–H and O–H groups in total. The van der Waals surface area contributed by atoms with Gasteiger partial charge < -0.3 is 9.51 Å². The minimum absolute atomic E-state index is 0.438. The van der Waals surface area contributed by atoms with E-state index < -0.39 is 0 Å². The maximum absolute atomic E-state index is 5.41. The fraction of sp³-hybridized carbons (Fsp3) is 0. The van der Waals surface area contributed by atoms with Gasteiger partial charge in [0.25, 0.3) is 5.89 Å². The van der Waals surface area contributed by atoms with Gasteiger partial charge >= 0.3 is 0 Å². The Balaban J connectivity index is 1.51. The van der Waals surface area contributed by atoms with Crippen molar-refractivity contribution in [3.8, 4) is 34.4 Å². The van der Waals surface area contributed by atoms with Crippen molar-refractivity contribution in [3.05, 3.63) is 55.1 Å². The summed E-state index contributed by atoms with van der Waals surface area (Å²) >= 11 is 0.